The van der Waals surface area contributed by atoms with E-state index in [1.807, 2.05) is 0 Å². The number of nitrogens with zero attached hydrogens (tertiary/aromatic N) is 1. The highest BCUT2D eigenvalue weighted by Gasteiger charge is 2.32. The summed E-state index contributed by atoms with van der Waals surface area (Å²) in [5.41, 5.74) is 0. The van der Waals surface area contributed by atoms with Gasteiger partial charge in [0.1, 0.15) is 12.2 Å². The molecular weight excluding hydrogens is 246 g/mol. The zero-order valence-electron chi connectivity index (χ0n) is 9.13. The highest BCUT2D eigenvalue weighted by Crippen LogP contribution is 2.23. The Labute approximate surface area is 98.6 Å². The lowest BCUT2D eigenvalue weighted by Crippen LogP contribution is -2.18. The number of aromatic nitrogens is 1. The Morgan fingerprint density at radius 2 is 2.35 bits per heavy atom. The minimum absolute atomic E-state index is 0.223. The maximum absolute atomic E-state index is 11.6. The average molecular weight is 259 g/mol. The summed E-state index contributed by atoms with van der Waals surface area (Å²) >= 11 is 0. The summed E-state index contributed by atoms with van der Waals surface area (Å²) < 4.78 is 28.4. The summed E-state index contributed by atoms with van der Waals surface area (Å²) in [6.07, 6.45) is 2.64. The molecule has 0 aliphatic carbocycles. The largest absolute Gasteiger partial charge is 0.481 e. The van der Waals surface area contributed by atoms with E-state index in [1.165, 1.54) is 6.20 Å². The summed E-state index contributed by atoms with van der Waals surface area (Å²) in [4.78, 5) is 14.3. The molecule has 1 saturated heterocycles. The van der Waals surface area contributed by atoms with E-state index < -0.39 is 21.1 Å². The molecule has 2 heterocycles. The molecule has 1 aliphatic rings. The molecule has 94 valence electrons. The van der Waals surface area contributed by atoms with Crippen LogP contribution in [-0.4, -0.2) is 35.5 Å². The molecule has 1 N–H and O–H groups in total. The quantitative estimate of drug-likeness (QED) is 0.841. The Morgan fingerprint density at radius 3 is 2.94 bits per heavy atom. The maximum Gasteiger partial charge on any atom is 0.311 e. The normalized spacial score (nSPS) is 22.7. The van der Waals surface area contributed by atoms with Crippen molar-refractivity contribution >= 4 is 15.8 Å². The van der Waals surface area contributed by atoms with Crippen molar-refractivity contribution in [3.8, 4) is 0 Å². The third-order valence-corrected chi connectivity index (χ3v) is 5.07. The van der Waals surface area contributed by atoms with Gasteiger partial charge < -0.3 is 9.52 Å². The number of oxazole rings is 1. The van der Waals surface area contributed by atoms with Gasteiger partial charge in [0.15, 0.2) is 15.7 Å². The summed E-state index contributed by atoms with van der Waals surface area (Å²) in [6.45, 7) is 0. The fraction of sp³-hybridized carbons (Fsp3) is 0.600. The molecule has 1 aliphatic heterocycles. The van der Waals surface area contributed by atoms with Gasteiger partial charge in [0.05, 0.1) is 17.2 Å². The first-order valence-electron chi connectivity index (χ1n) is 5.34. The van der Waals surface area contributed by atoms with Crippen LogP contribution in [-0.2, 0) is 27.5 Å². The van der Waals surface area contributed by atoms with Crippen LogP contribution in [0.2, 0.25) is 0 Å². The van der Waals surface area contributed by atoms with Crippen LogP contribution < -0.4 is 0 Å². The molecule has 0 amide bonds. The second-order valence-corrected chi connectivity index (χ2v) is 6.53. The van der Waals surface area contributed by atoms with Crippen LogP contribution in [0.15, 0.2) is 10.6 Å². The fourth-order valence-electron chi connectivity index (χ4n) is 1.96. The van der Waals surface area contributed by atoms with E-state index in [2.05, 4.69) is 4.98 Å². The van der Waals surface area contributed by atoms with Crippen molar-refractivity contribution in [3.63, 3.8) is 0 Å². The van der Waals surface area contributed by atoms with E-state index in [-0.39, 0.29) is 24.4 Å². The van der Waals surface area contributed by atoms with E-state index in [0.29, 0.717) is 18.7 Å². The van der Waals surface area contributed by atoms with Gasteiger partial charge in [-0.05, 0) is 12.8 Å². The van der Waals surface area contributed by atoms with E-state index in [4.69, 9.17) is 9.52 Å². The Hall–Kier alpha value is -1.37. The summed E-state index contributed by atoms with van der Waals surface area (Å²) in [6, 6.07) is 0. The van der Waals surface area contributed by atoms with Crippen molar-refractivity contribution in [2.45, 2.75) is 30.9 Å². The third kappa shape index (κ3) is 2.85. The van der Waals surface area contributed by atoms with Crippen LogP contribution in [0.1, 0.15) is 24.5 Å². The number of carboxylic acid groups (broad SMARTS) is 1. The number of hydrogen-bond donors (Lipinski definition) is 1. The van der Waals surface area contributed by atoms with Gasteiger partial charge in [-0.25, -0.2) is 13.4 Å². The number of carboxylic acids is 1. The molecule has 1 fully saturated rings. The van der Waals surface area contributed by atoms with Gasteiger partial charge in [-0.3, -0.25) is 4.79 Å². The Kier molecular flexibility index (Phi) is 3.19. The number of rotatable bonds is 4. The monoisotopic (exact) mass is 259 g/mol. The van der Waals surface area contributed by atoms with Crippen LogP contribution >= 0.6 is 0 Å². The summed E-state index contributed by atoms with van der Waals surface area (Å²) in [5.74, 6) is -0.221. The van der Waals surface area contributed by atoms with Crippen LogP contribution in [0.25, 0.3) is 0 Å². The molecular formula is C10H13NO5S. The molecule has 0 radical (unpaired) electrons. The number of carbonyl (C=O) groups is 1. The lowest BCUT2D eigenvalue weighted by molar-refractivity contribution is -0.136. The predicted molar refractivity (Wildman–Crippen MR) is 58.4 cm³/mol. The molecule has 1 unspecified atom stereocenters. The topological polar surface area (TPSA) is 97.5 Å². The highest BCUT2D eigenvalue weighted by atomic mass is 32.2. The highest BCUT2D eigenvalue weighted by molar-refractivity contribution is 7.92. The van der Waals surface area contributed by atoms with Crippen molar-refractivity contribution in [1.29, 1.82) is 0 Å². The predicted octanol–water partition coefficient (Wildman–Crippen LogP) is 0.421. The van der Waals surface area contributed by atoms with Gasteiger partial charge in [0.25, 0.3) is 0 Å². The summed E-state index contributed by atoms with van der Waals surface area (Å²) in [7, 11) is -3.02. The molecule has 17 heavy (non-hydrogen) atoms. The molecule has 2 rings (SSSR count). The van der Waals surface area contributed by atoms with Gasteiger partial charge >= 0.3 is 5.97 Å². The molecule has 1 aromatic heterocycles. The van der Waals surface area contributed by atoms with Crippen molar-refractivity contribution in [1.82, 2.24) is 4.98 Å². The zero-order valence-corrected chi connectivity index (χ0v) is 9.94. The molecule has 6 nitrogen and oxygen atoms in total. The van der Waals surface area contributed by atoms with Gasteiger partial charge in [0.2, 0.25) is 0 Å². The minimum atomic E-state index is -3.02. The standard InChI is InChI=1S/C10H13NO5S/c12-10(13)4-7-6-11-9(16-7)5-8-2-1-3-17(8,14)15/h6,8H,1-5H2,(H,12,13). The maximum atomic E-state index is 11.6. The van der Waals surface area contributed by atoms with Crippen LogP contribution in [0, 0.1) is 0 Å². The Bertz CT molecular complexity index is 519. The van der Waals surface area contributed by atoms with E-state index in [0.717, 1.165) is 0 Å². The molecule has 7 heteroatoms. The molecule has 0 aromatic carbocycles. The lowest BCUT2D eigenvalue weighted by atomic mass is 10.2. The van der Waals surface area contributed by atoms with Crippen LogP contribution in [0.5, 0.6) is 0 Å². The van der Waals surface area contributed by atoms with Gasteiger partial charge in [0, 0.05) is 6.42 Å². The number of aliphatic carboxylic acids is 1. The third-order valence-electron chi connectivity index (χ3n) is 2.79. The first-order chi connectivity index (χ1) is 7.97. The number of sulfone groups is 1. The Morgan fingerprint density at radius 1 is 1.59 bits per heavy atom. The van der Waals surface area contributed by atoms with Crippen molar-refractivity contribution < 1.29 is 22.7 Å². The zero-order chi connectivity index (χ0) is 12.5. The number of hydrogen-bond acceptors (Lipinski definition) is 5. The first kappa shape index (κ1) is 12.1. The van der Waals surface area contributed by atoms with Crippen molar-refractivity contribution in [3.05, 3.63) is 17.8 Å². The van der Waals surface area contributed by atoms with Gasteiger partial charge in [-0.15, -0.1) is 0 Å². The average Bonchev–Trinajstić information content (AvgIpc) is 2.75. The fourth-order valence-corrected chi connectivity index (χ4v) is 3.78. The summed E-state index contributed by atoms with van der Waals surface area (Å²) in [5, 5.41) is 8.13. The molecule has 0 saturated carbocycles. The van der Waals surface area contributed by atoms with Gasteiger partial charge in [-0.2, -0.15) is 0 Å². The van der Waals surface area contributed by atoms with Crippen LogP contribution in [0.3, 0.4) is 0 Å². The second-order valence-electron chi connectivity index (χ2n) is 4.13. The van der Waals surface area contributed by atoms with Crippen molar-refractivity contribution in [2.75, 3.05) is 5.75 Å². The lowest BCUT2D eigenvalue weighted by Gasteiger charge is -2.05. The molecule has 0 spiro atoms. The SMILES string of the molecule is O=C(O)Cc1cnc(CC2CCCS2(=O)=O)o1. The minimum Gasteiger partial charge on any atom is -0.481 e. The molecule has 1 atom stereocenters. The Balaban J connectivity index is 2.04. The van der Waals surface area contributed by atoms with Gasteiger partial charge in [-0.1, -0.05) is 0 Å². The van der Waals surface area contributed by atoms with Crippen LogP contribution in [0.4, 0.5) is 0 Å². The second kappa shape index (κ2) is 4.48. The van der Waals surface area contributed by atoms with Crippen molar-refractivity contribution in [2.24, 2.45) is 0 Å². The van der Waals surface area contributed by atoms with E-state index in [9.17, 15) is 13.2 Å². The molecule has 1 aromatic rings. The van der Waals surface area contributed by atoms with E-state index in [1.54, 1.807) is 0 Å². The first-order valence-corrected chi connectivity index (χ1v) is 7.06. The van der Waals surface area contributed by atoms with E-state index >= 15 is 0 Å². The smallest absolute Gasteiger partial charge is 0.311 e. The molecule has 0 bridgehead atoms.